The van der Waals surface area contributed by atoms with Gasteiger partial charge in [0.05, 0.1) is 11.5 Å². The van der Waals surface area contributed by atoms with Crippen LogP contribution in [0, 0.1) is 11.3 Å². The van der Waals surface area contributed by atoms with Gasteiger partial charge in [-0.15, -0.1) is 12.4 Å². The van der Waals surface area contributed by atoms with Crippen molar-refractivity contribution in [3.63, 3.8) is 0 Å². The van der Waals surface area contributed by atoms with Crippen molar-refractivity contribution in [3.05, 3.63) is 28.7 Å². The predicted octanol–water partition coefficient (Wildman–Crippen LogP) is 3.38. The lowest BCUT2D eigenvalue weighted by Gasteiger charge is -2.26. The Hall–Kier alpha value is -1.11. The Morgan fingerprint density at radius 3 is 2.83 bits per heavy atom. The zero-order chi connectivity index (χ0) is 16.6. The largest absolute Gasteiger partial charge is 0.481 e. The summed E-state index contributed by atoms with van der Waals surface area (Å²) < 4.78 is 0.906. The maximum absolute atomic E-state index is 12.5. The molecule has 0 aromatic heterocycles. The summed E-state index contributed by atoms with van der Waals surface area (Å²) in [6.45, 7) is 3.02. The number of fused-ring (bicyclic) bond motifs is 1. The number of hydrogen-bond acceptors (Lipinski definition) is 3. The molecule has 2 aliphatic rings. The van der Waals surface area contributed by atoms with E-state index >= 15 is 0 Å². The SMILES string of the molecule is CC(C(=O)Nc1cccc(Br)c1)N1C[C@@H]2CCC[C@@]2(C(=O)O)C1.Cl. The lowest BCUT2D eigenvalue weighted by Crippen LogP contribution is -2.43. The molecule has 1 saturated heterocycles. The number of amides is 1. The molecule has 1 heterocycles. The Morgan fingerprint density at radius 1 is 1.46 bits per heavy atom. The normalized spacial score (nSPS) is 27.2. The number of nitrogens with zero attached hydrogens (tertiary/aromatic N) is 1. The molecule has 3 rings (SSSR count). The van der Waals surface area contributed by atoms with E-state index in [4.69, 9.17) is 0 Å². The second-order valence-electron chi connectivity index (χ2n) is 6.66. The number of hydrogen-bond donors (Lipinski definition) is 2. The van der Waals surface area contributed by atoms with Gasteiger partial charge in [0.25, 0.3) is 0 Å². The number of carbonyl (C=O) groups is 2. The predicted molar refractivity (Wildman–Crippen MR) is 98.5 cm³/mol. The van der Waals surface area contributed by atoms with E-state index in [1.54, 1.807) is 0 Å². The molecule has 5 nitrogen and oxygen atoms in total. The molecule has 0 bridgehead atoms. The van der Waals surface area contributed by atoms with E-state index in [9.17, 15) is 14.7 Å². The molecule has 24 heavy (non-hydrogen) atoms. The van der Waals surface area contributed by atoms with Crippen LogP contribution in [0.25, 0.3) is 0 Å². The number of rotatable bonds is 4. The second kappa shape index (κ2) is 7.42. The molecule has 0 spiro atoms. The number of aliphatic carboxylic acids is 1. The van der Waals surface area contributed by atoms with Crippen LogP contribution in [-0.4, -0.2) is 41.0 Å². The quantitative estimate of drug-likeness (QED) is 0.788. The summed E-state index contributed by atoms with van der Waals surface area (Å²) >= 11 is 3.38. The number of nitrogens with one attached hydrogen (secondary N) is 1. The molecule has 1 aliphatic heterocycles. The van der Waals surface area contributed by atoms with Crippen molar-refractivity contribution in [1.82, 2.24) is 4.90 Å². The first-order valence-electron chi connectivity index (χ1n) is 7.96. The van der Waals surface area contributed by atoms with Crippen LogP contribution in [0.3, 0.4) is 0 Å². The van der Waals surface area contributed by atoms with Gasteiger partial charge in [-0.05, 0) is 43.9 Å². The third-order valence-electron chi connectivity index (χ3n) is 5.34. The Morgan fingerprint density at radius 2 is 2.21 bits per heavy atom. The Balaban J connectivity index is 0.00000208. The highest BCUT2D eigenvalue weighted by Gasteiger charge is 2.55. The minimum absolute atomic E-state index is 0. The third kappa shape index (κ3) is 3.46. The summed E-state index contributed by atoms with van der Waals surface area (Å²) in [6.07, 6.45) is 2.65. The molecule has 1 aliphatic carbocycles. The van der Waals surface area contributed by atoms with Gasteiger partial charge in [-0.25, -0.2) is 0 Å². The summed E-state index contributed by atoms with van der Waals surface area (Å²) in [4.78, 5) is 26.2. The van der Waals surface area contributed by atoms with Crippen molar-refractivity contribution < 1.29 is 14.7 Å². The number of halogens is 2. The van der Waals surface area contributed by atoms with E-state index < -0.39 is 11.4 Å². The van der Waals surface area contributed by atoms with Crippen LogP contribution >= 0.6 is 28.3 Å². The van der Waals surface area contributed by atoms with Gasteiger partial charge in [0.1, 0.15) is 0 Å². The highest BCUT2D eigenvalue weighted by atomic mass is 79.9. The number of likely N-dealkylation sites (tertiary alicyclic amines) is 1. The summed E-state index contributed by atoms with van der Waals surface area (Å²) in [6, 6.07) is 7.12. The smallest absolute Gasteiger partial charge is 0.311 e. The van der Waals surface area contributed by atoms with Crippen molar-refractivity contribution in [2.45, 2.75) is 32.2 Å². The lowest BCUT2D eigenvalue weighted by atomic mass is 9.81. The standard InChI is InChI=1S/C17H21BrN2O3.ClH/c1-11(15(21)19-14-6-2-5-13(18)8-14)20-9-12-4-3-7-17(12,10-20)16(22)23;/h2,5-6,8,11-12H,3-4,7,9-10H2,1H3,(H,19,21)(H,22,23);1H/t11?,12-,17+;/m0./s1. The van der Waals surface area contributed by atoms with Gasteiger partial charge in [0.15, 0.2) is 0 Å². The summed E-state index contributed by atoms with van der Waals surface area (Å²) in [7, 11) is 0. The number of carbonyl (C=O) groups excluding carboxylic acids is 1. The fourth-order valence-corrected chi connectivity index (χ4v) is 4.35. The molecular weight excluding hydrogens is 396 g/mol. The summed E-state index contributed by atoms with van der Waals surface area (Å²) in [5.41, 5.74) is 0.0909. The van der Waals surface area contributed by atoms with E-state index in [2.05, 4.69) is 21.2 Å². The van der Waals surface area contributed by atoms with E-state index in [0.717, 1.165) is 29.4 Å². The molecule has 7 heteroatoms. The molecular formula is C17H22BrClN2O3. The first kappa shape index (κ1) is 19.2. The van der Waals surface area contributed by atoms with Gasteiger partial charge in [-0.3, -0.25) is 14.5 Å². The zero-order valence-electron chi connectivity index (χ0n) is 13.5. The third-order valence-corrected chi connectivity index (χ3v) is 5.84. The van der Waals surface area contributed by atoms with Crippen LogP contribution in [0.2, 0.25) is 0 Å². The average Bonchev–Trinajstić information content (AvgIpc) is 3.04. The van der Waals surface area contributed by atoms with Crippen molar-refractivity contribution in [2.75, 3.05) is 18.4 Å². The van der Waals surface area contributed by atoms with E-state index in [0.29, 0.717) is 13.1 Å². The van der Waals surface area contributed by atoms with Gasteiger partial charge in [-0.2, -0.15) is 0 Å². The minimum Gasteiger partial charge on any atom is -0.481 e. The van der Waals surface area contributed by atoms with Crippen LogP contribution < -0.4 is 5.32 Å². The average molecular weight is 418 g/mol. The first-order chi connectivity index (χ1) is 10.9. The Labute approximate surface area is 156 Å². The van der Waals surface area contributed by atoms with Gasteiger partial charge in [0.2, 0.25) is 5.91 Å². The van der Waals surface area contributed by atoms with E-state index in [-0.39, 0.29) is 30.3 Å². The molecule has 3 atom stereocenters. The molecule has 1 amide bonds. The first-order valence-corrected chi connectivity index (χ1v) is 8.75. The highest BCUT2D eigenvalue weighted by Crippen LogP contribution is 2.49. The molecule has 1 aromatic carbocycles. The fourth-order valence-electron chi connectivity index (χ4n) is 3.95. The highest BCUT2D eigenvalue weighted by molar-refractivity contribution is 9.10. The van der Waals surface area contributed by atoms with Gasteiger partial charge in [0, 0.05) is 23.2 Å². The molecule has 1 aromatic rings. The van der Waals surface area contributed by atoms with Crippen LogP contribution in [0.1, 0.15) is 26.2 Å². The van der Waals surface area contributed by atoms with E-state index in [1.165, 1.54) is 0 Å². The fraction of sp³-hybridized carbons (Fsp3) is 0.529. The van der Waals surface area contributed by atoms with E-state index in [1.807, 2.05) is 36.1 Å². The van der Waals surface area contributed by atoms with Gasteiger partial charge < -0.3 is 10.4 Å². The second-order valence-corrected chi connectivity index (χ2v) is 7.57. The van der Waals surface area contributed by atoms with Crippen molar-refractivity contribution >= 4 is 45.9 Å². The number of benzene rings is 1. The van der Waals surface area contributed by atoms with Crippen LogP contribution in [0.15, 0.2) is 28.7 Å². The van der Waals surface area contributed by atoms with Crippen molar-refractivity contribution in [1.29, 1.82) is 0 Å². The molecule has 1 unspecified atom stereocenters. The Bertz CT molecular complexity index is 642. The summed E-state index contributed by atoms with van der Waals surface area (Å²) in [5.74, 6) is -0.633. The monoisotopic (exact) mass is 416 g/mol. The van der Waals surface area contributed by atoms with Crippen LogP contribution in [0.5, 0.6) is 0 Å². The zero-order valence-corrected chi connectivity index (χ0v) is 15.9. The molecule has 0 radical (unpaired) electrons. The molecule has 2 fully saturated rings. The number of carboxylic acids is 1. The minimum atomic E-state index is -0.706. The summed E-state index contributed by atoms with van der Waals surface area (Å²) in [5, 5.41) is 12.6. The van der Waals surface area contributed by atoms with Gasteiger partial charge in [-0.1, -0.05) is 28.4 Å². The Kier molecular flexibility index (Phi) is 5.94. The number of anilines is 1. The molecule has 1 saturated carbocycles. The van der Waals surface area contributed by atoms with Crippen LogP contribution in [-0.2, 0) is 9.59 Å². The molecule has 132 valence electrons. The topological polar surface area (TPSA) is 69.6 Å². The molecule has 2 N–H and O–H groups in total. The van der Waals surface area contributed by atoms with Crippen LogP contribution in [0.4, 0.5) is 5.69 Å². The lowest BCUT2D eigenvalue weighted by molar-refractivity contribution is -0.149. The maximum Gasteiger partial charge on any atom is 0.311 e. The number of carboxylic acid groups (broad SMARTS) is 1. The van der Waals surface area contributed by atoms with Crippen molar-refractivity contribution in [3.8, 4) is 0 Å². The maximum atomic E-state index is 12.5. The van der Waals surface area contributed by atoms with Crippen molar-refractivity contribution in [2.24, 2.45) is 11.3 Å². The van der Waals surface area contributed by atoms with Gasteiger partial charge >= 0.3 is 5.97 Å².